The SMILES string of the molecule is COc1cccc([C@H]2C[C@H](O)CN2c2noc(C(C)(C)C)n2)c1. The molecule has 1 aromatic heterocycles. The minimum absolute atomic E-state index is 0.00511. The van der Waals surface area contributed by atoms with Crippen LogP contribution in [0.1, 0.15) is 44.7 Å². The molecule has 2 aromatic rings. The first-order valence-electron chi connectivity index (χ1n) is 7.81. The van der Waals surface area contributed by atoms with Crippen LogP contribution in [0.2, 0.25) is 0 Å². The maximum Gasteiger partial charge on any atom is 0.266 e. The van der Waals surface area contributed by atoms with E-state index in [1.54, 1.807) is 7.11 Å². The first-order chi connectivity index (χ1) is 10.9. The molecule has 1 saturated heterocycles. The maximum atomic E-state index is 10.1. The van der Waals surface area contributed by atoms with Crippen LogP contribution in [0.3, 0.4) is 0 Å². The van der Waals surface area contributed by atoms with Gasteiger partial charge in [-0.25, -0.2) is 0 Å². The monoisotopic (exact) mass is 317 g/mol. The normalized spacial score (nSPS) is 21.7. The third-order valence-electron chi connectivity index (χ3n) is 4.07. The summed E-state index contributed by atoms with van der Waals surface area (Å²) < 4.78 is 10.7. The van der Waals surface area contributed by atoms with Gasteiger partial charge < -0.3 is 19.3 Å². The lowest BCUT2D eigenvalue weighted by Gasteiger charge is -2.23. The molecule has 2 atom stereocenters. The van der Waals surface area contributed by atoms with Crippen molar-refractivity contribution < 1.29 is 14.4 Å². The standard InChI is InChI=1S/C17H23N3O3/c1-17(2,3)15-18-16(19-23-15)20-10-12(21)9-14(20)11-6-5-7-13(8-11)22-4/h5-8,12,14,21H,9-10H2,1-4H3/t12-,14+/m0/s1. The second kappa shape index (κ2) is 5.85. The van der Waals surface area contributed by atoms with Gasteiger partial charge in [-0.2, -0.15) is 4.98 Å². The van der Waals surface area contributed by atoms with Crippen LogP contribution in [0.4, 0.5) is 5.95 Å². The van der Waals surface area contributed by atoms with Gasteiger partial charge in [0.15, 0.2) is 0 Å². The van der Waals surface area contributed by atoms with Crippen molar-refractivity contribution in [2.75, 3.05) is 18.6 Å². The number of β-amino-alcohol motifs (C(OH)–C–C–N with tert-alkyl or cyclic N) is 1. The third kappa shape index (κ3) is 3.17. The van der Waals surface area contributed by atoms with Crippen LogP contribution in [0, 0.1) is 0 Å². The number of methoxy groups -OCH3 is 1. The van der Waals surface area contributed by atoms with Crippen LogP contribution in [0.25, 0.3) is 0 Å². The van der Waals surface area contributed by atoms with E-state index in [1.165, 1.54) is 0 Å². The molecule has 0 aliphatic carbocycles. The Morgan fingerprint density at radius 3 is 2.78 bits per heavy atom. The van der Waals surface area contributed by atoms with Crippen LogP contribution in [0.15, 0.2) is 28.8 Å². The lowest BCUT2D eigenvalue weighted by Crippen LogP contribution is -2.25. The molecule has 6 heteroatoms. The van der Waals surface area contributed by atoms with E-state index in [0.29, 0.717) is 24.8 Å². The predicted octanol–water partition coefficient (Wildman–Crippen LogP) is 2.69. The van der Waals surface area contributed by atoms with Gasteiger partial charge in [0.25, 0.3) is 5.95 Å². The summed E-state index contributed by atoms with van der Waals surface area (Å²) in [6.07, 6.45) is 0.217. The molecule has 1 aromatic carbocycles. The Morgan fingerprint density at radius 2 is 2.13 bits per heavy atom. The van der Waals surface area contributed by atoms with Gasteiger partial charge in [-0.15, -0.1) is 0 Å². The molecule has 0 amide bonds. The Kier molecular flexibility index (Phi) is 4.02. The fourth-order valence-corrected chi connectivity index (χ4v) is 2.84. The van der Waals surface area contributed by atoms with Crippen LogP contribution in [-0.4, -0.2) is 35.0 Å². The maximum absolute atomic E-state index is 10.1. The van der Waals surface area contributed by atoms with Crippen LogP contribution in [-0.2, 0) is 5.41 Å². The largest absolute Gasteiger partial charge is 0.497 e. The van der Waals surface area contributed by atoms with E-state index in [0.717, 1.165) is 11.3 Å². The highest BCUT2D eigenvalue weighted by Crippen LogP contribution is 2.36. The van der Waals surface area contributed by atoms with Crippen molar-refractivity contribution in [3.05, 3.63) is 35.7 Å². The number of aliphatic hydroxyl groups excluding tert-OH is 1. The molecule has 0 radical (unpaired) electrons. The molecule has 2 heterocycles. The highest BCUT2D eigenvalue weighted by atomic mass is 16.5. The average Bonchev–Trinajstić information content (AvgIpc) is 3.13. The van der Waals surface area contributed by atoms with Crippen molar-refractivity contribution in [3.63, 3.8) is 0 Å². The number of aromatic nitrogens is 2. The van der Waals surface area contributed by atoms with Gasteiger partial charge in [0.2, 0.25) is 5.89 Å². The lowest BCUT2D eigenvalue weighted by molar-refractivity contribution is 0.194. The van der Waals surface area contributed by atoms with Crippen LogP contribution in [0.5, 0.6) is 5.75 Å². The Morgan fingerprint density at radius 1 is 1.35 bits per heavy atom. The topological polar surface area (TPSA) is 71.6 Å². The van der Waals surface area contributed by atoms with E-state index in [-0.39, 0.29) is 11.5 Å². The molecule has 1 aliphatic rings. The zero-order valence-corrected chi connectivity index (χ0v) is 14.0. The molecule has 0 unspecified atom stereocenters. The first-order valence-corrected chi connectivity index (χ1v) is 7.81. The number of benzene rings is 1. The van der Waals surface area contributed by atoms with Crippen molar-refractivity contribution in [2.45, 2.75) is 44.8 Å². The first kappa shape index (κ1) is 15.8. The van der Waals surface area contributed by atoms with Gasteiger partial charge in [0, 0.05) is 12.0 Å². The summed E-state index contributed by atoms with van der Waals surface area (Å²) >= 11 is 0. The fraction of sp³-hybridized carbons (Fsp3) is 0.529. The third-order valence-corrected chi connectivity index (χ3v) is 4.07. The van der Waals surface area contributed by atoms with Crippen LogP contribution >= 0.6 is 0 Å². The summed E-state index contributed by atoms with van der Waals surface area (Å²) in [5.74, 6) is 1.92. The molecule has 1 aliphatic heterocycles. The lowest BCUT2D eigenvalue weighted by atomic mass is 9.97. The molecular weight excluding hydrogens is 294 g/mol. The second-order valence-electron chi connectivity index (χ2n) is 6.98. The molecule has 1 N–H and O–H groups in total. The molecule has 0 saturated carbocycles. The molecule has 0 spiro atoms. The highest BCUT2D eigenvalue weighted by Gasteiger charge is 2.36. The Bertz CT molecular complexity index is 678. The molecule has 124 valence electrons. The van der Waals surface area contributed by atoms with Crippen molar-refractivity contribution >= 4 is 5.95 Å². The van der Waals surface area contributed by atoms with Crippen molar-refractivity contribution in [1.29, 1.82) is 0 Å². The summed E-state index contributed by atoms with van der Waals surface area (Å²) in [6, 6.07) is 7.88. The summed E-state index contributed by atoms with van der Waals surface area (Å²) in [6.45, 7) is 6.58. The van der Waals surface area contributed by atoms with Crippen LogP contribution < -0.4 is 9.64 Å². The summed E-state index contributed by atoms with van der Waals surface area (Å²) in [5.41, 5.74) is 0.873. The molecule has 6 nitrogen and oxygen atoms in total. The second-order valence-corrected chi connectivity index (χ2v) is 6.98. The quantitative estimate of drug-likeness (QED) is 0.938. The zero-order chi connectivity index (χ0) is 16.6. The van der Waals surface area contributed by atoms with E-state index >= 15 is 0 Å². The van der Waals surface area contributed by atoms with Crippen molar-refractivity contribution in [1.82, 2.24) is 10.1 Å². The van der Waals surface area contributed by atoms with Gasteiger partial charge in [0.1, 0.15) is 5.75 Å². The van der Waals surface area contributed by atoms with Gasteiger partial charge >= 0.3 is 0 Å². The van der Waals surface area contributed by atoms with E-state index in [2.05, 4.69) is 10.1 Å². The van der Waals surface area contributed by atoms with Crippen molar-refractivity contribution in [2.24, 2.45) is 0 Å². The number of hydrogen-bond acceptors (Lipinski definition) is 6. The number of ether oxygens (including phenoxy) is 1. The fourth-order valence-electron chi connectivity index (χ4n) is 2.84. The molecule has 3 rings (SSSR count). The van der Waals surface area contributed by atoms with Gasteiger partial charge in [-0.05, 0) is 29.3 Å². The summed E-state index contributed by atoms with van der Waals surface area (Å²) in [7, 11) is 1.65. The minimum atomic E-state index is -0.414. The smallest absolute Gasteiger partial charge is 0.266 e. The van der Waals surface area contributed by atoms with Gasteiger partial charge in [-0.3, -0.25) is 0 Å². The number of anilines is 1. The van der Waals surface area contributed by atoms with Crippen molar-refractivity contribution in [3.8, 4) is 5.75 Å². The minimum Gasteiger partial charge on any atom is -0.497 e. The van der Waals surface area contributed by atoms with E-state index in [1.807, 2.05) is 49.9 Å². The molecule has 0 bridgehead atoms. The zero-order valence-electron chi connectivity index (χ0n) is 14.0. The number of hydrogen-bond donors (Lipinski definition) is 1. The molecule has 23 heavy (non-hydrogen) atoms. The van der Waals surface area contributed by atoms with E-state index in [4.69, 9.17) is 9.26 Å². The van der Waals surface area contributed by atoms with E-state index in [9.17, 15) is 5.11 Å². The number of aliphatic hydroxyl groups is 1. The molecule has 1 fully saturated rings. The number of nitrogens with zero attached hydrogens (tertiary/aromatic N) is 3. The Hall–Kier alpha value is -2.08. The summed E-state index contributed by atoms with van der Waals surface area (Å²) in [4.78, 5) is 6.52. The molecular formula is C17H23N3O3. The van der Waals surface area contributed by atoms with Gasteiger partial charge in [0.05, 0.1) is 19.3 Å². The summed E-state index contributed by atoms with van der Waals surface area (Å²) in [5, 5.41) is 14.2. The average molecular weight is 317 g/mol. The van der Waals surface area contributed by atoms with E-state index < -0.39 is 6.10 Å². The van der Waals surface area contributed by atoms with Gasteiger partial charge in [-0.1, -0.05) is 32.9 Å². The Labute approximate surface area is 136 Å². The highest BCUT2D eigenvalue weighted by molar-refractivity contribution is 5.41. The number of rotatable bonds is 3. The Balaban J connectivity index is 1.92. The predicted molar refractivity (Wildman–Crippen MR) is 86.7 cm³/mol.